The number of unbranched alkanes of at least 4 members (excludes halogenated alkanes) is 1. The van der Waals surface area contributed by atoms with Crippen LogP contribution in [0.15, 0.2) is 54.7 Å². The number of aromatic nitrogens is 1. The number of fused-ring (bicyclic) bond motifs is 1. The predicted octanol–water partition coefficient (Wildman–Crippen LogP) is 7.68. The Morgan fingerprint density at radius 1 is 1.00 bits per heavy atom. The van der Waals surface area contributed by atoms with Crippen LogP contribution in [0.2, 0.25) is 10.0 Å². The fraction of sp³-hybridized carbons (Fsp3) is 0.321. The van der Waals surface area contributed by atoms with E-state index in [1.165, 1.54) is 34.7 Å². The number of benzene rings is 2. The first kappa shape index (κ1) is 25.3. The summed E-state index contributed by atoms with van der Waals surface area (Å²) in [7, 11) is 1.59. The summed E-state index contributed by atoms with van der Waals surface area (Å²) < 4.78 is 10.8. The summed E-state index contributed by atoms with van der Waals surface area (Å²) in [5.41, 5.74) is 3.76. The van der Waals surface area contributed by atoms with Gasteiger partial charge in [0.2, 0.25) is 0 Å². The third-order valence-electron chi connectivity index (χ3n) is 6.45. The molecule has 2 aromatic carbocycles. The molecule has 0 spiro atoms. The van der Waals surface area contributed by atoms with Crippen molar-refractivity contribution in [3.8, 4) is 16.2 Å². The molecule has 0 radical (unpaired) electrons. The fourth-order valence-corrected chi connectivity index (χ4v) is 6.02. The van der Waals surface area contributed by atoms with Gasteiger partial charge in [-0.3, -0.25) is 9.88 Å². The van der Waals surface area contributed by atoms with Crippen molar-refractivity contribution in [2.24, 2.45) is 0 Å². The number of morpholine rings is 1. The molecule has 0 bridgehead atoms. The molecule has 1 fully saturated rings. The largest absolute Gasteiger partial charge is 0.495 e. The van der Waals surface area contributed by atoms with E-state index in [9.17, 15) is 0 Å². The third-order valence-corrected chi connectivity index (χ3v) is 8.25. The Morgan fingerprint density at radius 2 is 1.86 bits per heavy atom. The predicted molar refractivity (Wildman–Crippen MR) is 152 cm³/mol. The van der Waals surface area contributed by atoms with E-state index in [1.807, 2.05) is 23.6 Å². The molecule has 5 nitrogen and oxygen atoms in total. The van der Waals surface area contributed by atoms with E-state index in [0.717, 1.165) is 55.0 Å². The average Bonchev–Trinajstić information content (AvgIpc) is 3.38. The molecule has 1 saturated heterocycles. The molecule has 5 rings (SSSR count). The van der Waals surface area contributed by atoms with Crippen molar-refractivity contribution in [1.82, 2.24) is 9.88 Å². The number of rotatable bonds is 9. The standard InChI is InChI=1S/C28H29Cl2N3O2S/c1-34-27-18-26(22(29)17-23(27)30)32-24-9-10-31-25-16-19(5-7-21(24)25)28-8-6-20(36-28)4-2-3-11-33-12-14-35-15-13-33/h5-10,16-18H,2-4,11-15H2,1H3,(H,31,32). The van der Waals surface area contributed by atoms with Gasteiger partial charge in [0, 0.05) is 46.2 Å². The second-order valence-electron chi connectivity index (χ2n) is 8.86. The minimum atomic E-state index is 0.477. The highest BCUT2D eigenvalue weighted by Crippen LogP contribution is 2.38. The maximum atomic E-state index is 6.43. The molecule has 1 aliphatic heterocycles. The molecule has 0 aliphatic carbocycles. The van der Waals surface area contributed by atoms with E-state index in [-0.39, 0.29) is 0 Å². The van der Waals surface area contributed by atoms with Crippen LogP contribution >= 0.6 is 34.5 Å². The zero-order valence-corrected chi connectivity index (χ0v) is 22.6. The van der Waals surface area contributed by atoms with Gasteiger partial charge in [-0.2, -0.15) is 0 Å². The van der Waals surface area contributed by atoms with Crippen molar-refractivity contribution < 1.29 is 9.47 Å². The number of methoxy groups -OCH3 is 1. The van der Waals surface area contributed by atoms with Gasteiger partial charge in [-0.05, 0) is 61.7 Å². The Hall–Kier alpha value is -2.35. The molecule has 36 heavy (non-hydrogen) atoms. The highest BCUT2D eigenvalue weighted by Gasteiger charge is 2.12. The maximum Gasteiger partial charge on any atom is 0.139 e. The summed E-state index contributed by atoms with van der Waals surface area (Å²) in [5, 5.41) is 5.44. The van der Waals surface area contributed by atoms with Gasteiger partial charge in [-0.1, -0.05) is 35.3 Å². The zero-order valence-electron chi connectivity index (χ0n) is 20.2. The molecule has 4 aromatic rings. The molecule has 188 valence electrons. The van der Waals surface area contributed by atoms with Gasteiger partial charge in [0.1, 0.15) is 5.75 Å². The van der Waals surface area contributed by atoms with E-state index in [0.29, 0.717) is 15.8 Å². The lowest BCUT2D eigenvalue weighted by molar-refractivity contribution is 0.0372. The Labute approximate surface area is 226 Å². The third kappa shape index (κ3) is 5.96. The lowest BCUT2D eigenvalue weighted by Gasteiger charge is -2.26. The van der Waals surface area contributed by atoms with E-state index in [1.54, 1.807) is 19.2 Å². The molecule has 0 saturated carbocycles. The van der Waals surface area contributed by atoms with Crippen LogP contribution in [-0.4, -0.2) is 49.8 Å². The fourth-order valence-electron chi connectivity index (χ4n) is 4.46. The lowest BCUT2D eigenvalue weighted by atomic mass is 10.1. The van der Waals surface area contributed by atoms with Crippen LogP contribution in [0.1, 0.15) is 17.7 Å². The number of thiophene rings is 1. The van der Waals surface area contributed by atoms with Gasteiger partial charge in [0.15, 0.2) is 0 Å². The second-order valence-corrected chi connectivity index (χ2v) is 10.8. The normalized spacial score (nSPS) is 14.3. The van der Waals surface area contributed by atoms with Crippen molar-refractivity contribution in [2.45, 2.75) is 19.3 Å². The zero-order chi connectivity index (χ0) is 24.9. The summed E-state index contributed by atoms with van der Waals surface area (Å²) in [5.74, 6) is 0.568. The Kier molecular flexibility index (Phi) is 8.29. The van der Waals surface area contributed by atoms with Gasteiger partial charge in [0.05, 0.1) is 41.6 Å². The van der Waals surface area contributed by atoms with Crippen molar-refractivity contribution >= 4 is 56.8 Å². The van der Waals surface area contributed by atoms with Crippen LogP contribution in [0.5, 0.6) is 5.75 Å². The number of hydrogen-bond acceptors (Lipinski definition) is 6. The first-order valence-electron chi connectivity index (χ1n) is 12.2. The molecule has 2 aromatic heterocycles. The molecule has 0 amide bonds. The maximum absolute atomic E-state index is 6.43. The summed E-state index contributed by atoms with van der Waals surface area (Å²) in [6, 6.07) is 16.3. The first-order chi connectivity index (χ1) is 17.6. The molecule has 8 heteroatoms. The topological polar surface area (TPSA) is 46.6 Å². The molecular weight excluding hydrogens is 513 g/mol. The Balaban J connectivity index is 1.27. The molecule has 0 unspecified atom stereocenters. The van der Waals surface area contributed by atoms with Gasteiger partial charge in [-0.15, -0.1) is 11.3 Å². The summed E-state index contributed by atoms with van der Waals surface area (Å²) >= 11 is 14.5. The minimum absolute atomic E-state index is 0.477. The number of anilines is 2. The van der Waals surface area contributed by atoms with Crippen molar-refractivity contribution in [1.29, 1.82) is 0 Å². The van der Waals surface area contributed by atoms with E-state index >= 15 is 0 Å². The van der Waals surface area contributed by atoms with E-state index < -0.39 is 0 Å². The van der Waals surface area contributed by atoms with Crippen molar-refractivity contribution in [3.63, 3.8) is 0 Å². The summed E-state index contributed by atoms with van der Waals surface area (Å²) in [6.07, 6.45) is 5.38. The lowest BCUT2D eigenvalue weighted by Crippen LogP contribution is -2.36. The number of aryl methyl sites for hydroxylation is 1. The van der Waals surface area contributed by atoms with Crippen LogP contribution in [0.3, 0.4) is 0 Å². The van der Waals surface area contributed by atoms with E-state index in [2.05, 4.69) is 45.5 Å². The number of nitrogens with zero attached hydrogens (tertiary/aromatic N) is 2. The molecule has 3 heterocycles. The quantitative estimate of drug-likeness (QED) is 0.220. The highest BCUT2D eigenvalue weighted by molar-refractivity contribution is 7.15. The van der Waals surface area contributed by atoms with E-state index in [4.69, 9.17) is 32.7 Å². The highest BCUT2D eigenvalue weighted by atomic mass is 35.5. The van der Waals surface area contributed by atoms with Crippen molar-refractivity contribution in [3.05, 3.63) is 69.7 Å². The Morgan fingerprint density at radius 3 is 2.69 bits per heavy atom. The van der Waals surface area contributed by atoms with Crippen LogP contribution in [0.4, 0.5) is 11.4 Å². The van der Waals surface area contributed by atoms with Crippen LogP contribution in [0.25, 0.3) is 21.3 Å². The minimum Gasteiger partial charge on any atom is -0.495 e. The number of halogens is 2. The number of nitrogens with one attached hydrogen (secondary N) is 1. The molecule has 0 atom stereocenters. The van der Waals surface area contributed by atoms with Crippen LogP contribution in [-0.2, 0) is 11.2 Å². The molecule has 1 aliphatic rings. The molecule has 1 N–H and O–H groups in total. The smallest absolute Gasteiger partial charge is 0.139 e. The van der Waals surface area contributed by atoms with Gasteiger partial charge < -0.3 is 14.8 Å². The average molecular weight is 543 g/mol. The Bertz CT molecular complexity index is 1340. The number of pyridine rings is 1. The first-order valence-corrected chi connectivity index (χ1v) is 13.8. The van der Waals surface area contributed by atoms with Crippen molar-refractivity contribution in [2.75, 3.05) is 45.3 Å². The van der Waals surface area contributed by atoms with Crippen LogP contribution in [0, 0.1) is 0 Å². The SMILES string of the molecule is COc1cc(Nc2ccnc3cc(-c4ccc(CCCCN5CCOCC5)s4)ccc23)c(Cl)cc1Cl. The molecular formula is C28H29Cl2N3O2S. The van der Waals surface area contributed by atoms with Gasteiger partial charge in [-0.25, -0.2) is 0 Å². The summed E-state index contributed by atoms with van der Waals surface area (Å²) in [4.78, 5) is 9.83. The van der Waals surface area contributed by atoms with Crippen LogP contribution < -0.4 is 10.1 Å². The number of hydrogen-bond donors (Lipinski definition) is 1. The number of ether oxygens (including phenoxy) is 2. The van der Waals surface area contributed by atoms with Gasteiger partial charge in [0.25, 0.3) is 0 Å². The second kappa shape index (κ2) is 11.8. The van der Waals surface area contributed by atoms with Gasteiger partial charge >= 0.3 is 0 Å². The monoisotopic (exact) mass is 541 g/mol. The summed E-state index contributed by atoms with van der Waals surface area (Å²) in [6.45, 7) is 5.04.